The standard InChI is InChI=1S/C28H29F2N7O5/c1-15(38)36-8-6-16(7-9-36)27-25-18(24-19(29)10-17-11-33-35(2)28(17)26(24)30)4-3-5-20(25)37(34-27)14-22(40)31-12-21(39)32-13-23(41)42/h3-5,10-11,16H,6-9,12-14H2,1-2H3,(H,31,40)(H,32,39)(H,41,42). The third-order valence-corrected chi connectivity index (χ3v) is 7.49. The number of fused-ring (bicyclic) bond motifs is 2. The number of carbonyl (C=O) groups is 4. The van der Waals surface area contributed by atoms with Crippen molar-refractivity contribution in [3.05, 3.63) is 47.8 Å². The number of rotatable bonds is 8. The zero-order valence-electron chi connectivity index (χ0n) is 23.0. The van der Waals surface area contributed by atoms with E-state index in [0.717, 1.165) is 0 Å². The molecule has 4 aromatic rings. The SMILES string of the molecule is CC(=O)N1CCC(c2nn(CC(=O)NCC(=O)NCC(=O)O)c3cccc(-c4c(F)cc5cnn(C)c5c4F)c23)CC1. The van der Waals surface area contributed by atoms with Crippen LogP contribution >= 0.6 is 0 Å². The van der Waals surface area contributed by atoms with Crippen molar-refractivity contribution in [3.63, 3.8) is 0 Å². The lowest BCUT2D eigenvalue weighted by atomic mass is 9.88. The molecule has 1 saturated heterocycles. The quantitative estimate of drug-likeness (QED) is 0.288. The number of benzene rings is 2. The number of aryl methyl sites for hydroxylation is 1. The Hall–Kier alpha value is -4.88. The summed E-state index contributed by atoms with van der Waals surface area (Å²) in [4.78, 5) is 48.9. The van der Waals surface area contributed by atoms with Crippen LogP contribution in [0.15, 0.2) is 30.5 Å². The molecule has 0 unspecified atom stereocenters. The monoisotopic (exact) mass is 581 g/mol. The molecule has 0 spiro atoms. The number of hydrogen-bond donors (Lipinski definition) is 3. The van der Waals surface area contributed by atoms with Gasteiger partial charge in [0.1, 0.15) is 24.4 Å². The molecule has 3 N–H and O–H groups in total. The first kappa shape index (κ1) is 28.6. The molecule has 220 valence electrons. The molecule has 0 bridgehead atoms. The van der Waals surface area contributed by atoms with Crippen molar-refractivity contribution in [3.8, 4) is 11.1 Å². The fraction of sp³-hybridized carbons (Fsp3) is 0.357. The van der Waals surface area contributed by atoms with Crippen LogP contribution in [0, 0.1) is 11.6 Å². The first-order valence-corrected chi connectivity index (χ1v) is 13.3. The van der Waals surface area contributed by atoms with Crippen LogP contribution in [0.2, 0.25) is 0 Å². The molecule has 2 aromatic heterocycles. The summed E-state index contributed by atoms with van der Waals surface area (Å²) in [6.07, 6.45) is 2.53. The third-order valence-electron chi connectivity index (χ3n) is 7.49. The summed E-state index contributed by atoms with van der Waals surface area (Å²) in [6, 6.07) is 6.17. The van der Waals surface area contributed by atoms with Gasteiger partial charge in [0.05, 0.1) is 29.5 Å². The molecule has 1 aliphatic heterocycles. The number of carboxylic acid groups (broad SMARTS) is 1. The average Bonchev–Trinajstić information content (AvgIpc) is 3.51. The van der Waals surface area contributed by atoms with Crippen molar-refractivity contribution in [2.75, 3.05) is 26.2 Å². The number of halogens is 2. The van der Waals surface area contributed by atoms with Crippen LogP contribution in [-0.2, 0) is 32.8 Å². The van der Waals surface area contributed by atoms with Gasteiger partial charge in [0.15, 0.2) is 5.82 Å². The second kappa shape index (κ2) is 11.5. The number of hydrogen-bond acceptors (Lipinski definition) is 6. The van der Waals surface area contributed by atoms with E-state index in [2.05, 4.69) is 15.7 Å². The van der Waals surface area contributed by atoms with E-state index in [9.17, 15) is 19.2 Å². The highest BCUT2D eigenvalue weighted by Gasteiger charge is 2.30. The highest BCUT2D eigenvalue weighted by molar-refractivity contribution is 6.00. The van der Waals surface area contributed by atoms with Crippen LogP contribution in [0.4, 0.5) is 8.78 Å². The van der Waals surface area contributed by atoms with Gasteiger partial charge in [-0.1, -0.05) is 12.1 Å². The molecule has 5 rings (SSSR count). The fourth-order valence-electron chi connectivity index (χ4n) is 5.46. The maximum atomic E-state index is 15.9. The topological polar surface area (TPSA) is 151 Å². The average molecular weight is 582 g/mol. The van der Waals surface area contributed by atoms with Gasteiger partial charge in [0.2, 0.25) is 17.7 Å². The van der Waals surface area contributed by atoms with Crippen LogP contribution in [0.25, 0.3) is 32.9 Å². The Labute approximate surface area is 238 Å². The molecule has 0 saturated carbocycles. The van der Waals surface area contributed by atoms with E-state index in [-0.39, 0.29) is 35.0 Å². The highest BCUT2D eigenvalue weighted by atomic mass is 19.1. The summed E-state index contributed by atoms with van der Waals surface area (Å²) in [7, 11) is 1.57. The summed E-state index contributed by atoms with van der Waals surface area (Å²) >= 11 is 0. The zero-order chi connectivity index (χ0) is 30.1. The molecular weight excluding hydrogens is 552 g/mol. The number of aliphatic carboxylic acids is 1. The lowest BCUT2D eigenvalue weighted by Gasteiger charge is -2.30. The van der Waals surface area contributed by atoms with Gasteiger partial charge in [-0.05, 0) is 30.5 Å². The summed E-state index contributed by atoms with van der Waals surface area (Å²) in [5, 5.41) is 22.9. The number of carbonyl (C=O) groups excluding carboxylic acids is 3. The summed E-state index contributed by atoms with van der Waals surface area (Å²) in [5.74, 6) is -4.19. The Morgan fingerprint density at radius 1 is 1.07 bits per heavy atom. The second-order valence-electron chi connectivity index (χ2n) is 10.2. The number of nitrogens with one attached hydrogen (secondary N) is 2. The Kier molecular flexibility index (Phi) is 7.87. The molecule has 42 heavy (non-hydrogen) atoms. The smallest absolute Gasteiger partial charge is 0.322 e. The molecule has 1 fully saturated rings. The van der Waals surface area contributed by atoms with Crippen molar-refractivity contribution in [2.24, 2.45) is 7.05 Å². The number of amides is 3. The van der Waals surface area contributed by atoms with Crippen LogP contribution in [-0.4, -0.2) is 79.4 Å². The molecule has 12 nitrogen and oxygen atoms in total. The summed E-state index contributed by atoms with van der Waals surface area (Å²) in [5.41, 5.74) is 1.20. The first-order valence-electron chi connectivity index (χ1n) is 13.3. The van der Waals surface area contributed by atoms with Crippen LogP contribution in [0.1, 0.15) is 31.4 Å². The maximum absolute atomic E-state index is 15.9. The minimum absolute atomic E-state index is 0.0396. The summed E-state index contributed by atoms with van der Waals surface area (Å²) in [6.45, 7) is 1.17. The first-order chi connectivity index (χ1) is 20.0. The highest BCUT2D eigenvalue weighted by Crippen LogP contribution is 2.41. The Balaban J connectivity index is 1.55. The van der Waals surface area contributed by atoms with Crippen LogP contribution in [0.3, 0.4) is 0 Å². The molecule has 3 amide bonds. The predicted molar refractivity (Wildman–Crippen MR) is 147 cm³/mol. The Morgan fingerprint density at radius 2 is 1.79 bits per heavy atom. The van der Waals surface area contributed by atoms with E-state index < -0.39 is 42.5 Å². The van der Waals surface area contributed by atoms with Gasteiger partial charge in [-0.15, -0.1) is 0 Å². The van der Waals surface area contributed by atoms with E-state index in [0.29, 0.717) is 47.9 Å². The molecule has 14 heteroatoms. The van der Waals surface area contributed by atoms with Crippen LogP contribution in [0.5, 0.6) is 0 Å². The third kappa shape index (κ3) is 5.51. The van der Waals surface area contributed by atoms with Crippen molar-refractivity contribution in [1.29, 1.82) is 0 Å². The number of carboxylic acids is 1. The lowest BCUT2D eigenvalue weighted by Crippen LogP contribution is -2.40. The van der Waals surface area contributed by atoms with Gasteiger partial charge < -0.3 is 20.6 Å². The molecule has 1 aliphatic rings. The largest absolute Gasteiger partial charge is 0.480 e. The minimum Gasteiger partial charge on any atom is -0.480 e. The number of nitrogens with zero attached hydrogens (tertiary/aromatic N) is 5. The van der Waals surface area contributed by atoms with E-state index in [4.69, 9.17) is 10.2 Å². The second-order valence-corrected chi connectivity index (χ2v) is 10.2. The van der Waals surface area contributed by atoms with Crippen molar-refractivity contribution in [1.82, 2.24) is 35.1 Å². The maximum Gasteiger partial charge on any atom is 0.322 e. The van der Waals surface area contributed by atoms with Gasteiger partial charge in [-0.2, -0.15) is 10.2 Å². The van der Waals surface area contributed by atoms with E-state index in [1.54, 1.807) is 30.1 Å². The Morgan fingerprint density at radius 3 is 2.48 bits per heavy atom. The van der Waals surface area contributed by atoms with Crippen molar-refractivity contribution in [2.45, 2.75) is 32.2 Å². The lowest BCUT2D eigenvalue weighted by molar-refractivity contribution is -0.137. The molecule has 0 atom stereocenters. The number of aromatic nitrogens is 4. The van der Waals surface area contributed by atoms with Gasteiger partial charge in [0.25, 0.3) is 0 Å². The van der Waals surface area contributed by atoms with Gasteiger partial charge in [-0.25, -0.2) is 8.78 Å². The van der Waals surface area contributed by atoms with E-state index in [1.165, 1.54) is 28.6 Å². The minimum atomic E-state index is -1.22. The van der Waals surface area contributed by atoms with Gasteiger partial charge in [0, 0.05) is 43.8 Å². The molecule has 0 aliphatic carbocycles. The van der Waals surface area contributed by atoms with Crippen molar-refractivity contribution >= 4 is 45.5 Å². The molecule has 0 radical (unpaired) electrons. The molecular formula is C28H29F2N7O5. The Bertz CT molecular complexity index is 1720. The summed E-state index contributed by atoms with van der Waals surface area (Å²) < 4.78 is 34.2. The van der Waals surface area contributed by atoms with E-state index >= 15 is 8.78 Å². The normalized spacial score (nSPS) is 14.0. The number of likely N-dealkylation sites (tertiary alicyclic amines) is 1. The molecule has 3 heterocycles. The van der Waals surface area contributed by atoms with Gasteiger partial charge in [-0.3, -0.25) is 28.5 Å². The fourth-order valence-corrected chi connectivity index (χ4v) is 5.46. The predicted octanol–water partition coefficient (Wildman–Crippen LogP) is 1.91. The van der Waals surface area contributed by atoms with Gasteiger partial charge >= 0.3 is 5.97 Å². The zero-order valence-corrected chi connectivity index (χ0v) is 23.0. The number of piperidine rings is 1. The van der Waals surface area contributed by atoms with Crippen molar-refractivity contribution < 1.29 is 33.1 Å². The van der Waals surface area contributed by atoms with E-state index in [1.807, 2.05) is 0 Å². The van der Waals surface area contributed by atoms with Crippen LogP contribution < -0.4 is 10.6 Å². The molecule has 2 aromatic carbocycles.